The number of benzene rings is 1. The van der Waals surface area contributed by atoms with Crippen LogP contribution in [0.1, 0.15) is 17.3 Å². The van der Waals surface area contributed by atoms with Crippen LogP contribution in [0, 0.1) is 0 Å². The number of hydrogen-bond donors (Lipinski definition) is 0. The summed E-state index contributed by atoms with van der Waals surface area (Å²) < 4.78 is 5.32. The van der Waals surface area contributed by atoms with Gasteiger partial charge in [-0.2, -0.15) is 0 Å². The second-order valence-electron chi connectivity index (χ2n) is 3.52. The third kappa shape index (κ3) is 3.76. The third-order valence-corrected chi connectivity index (χ3v) is 2.31. The van der Waals surface area contributed by atoms with Crippen molar-refractivity contribution >= 4 is 5.97 Å². The highest BCUT2D eigenvalue weighted by Crippen LogP contribution is 2.11. The van der Waals surface area contributed by atoms with E-state index in [1.165, 1.54) is 0 Å². The van der Waals surface area contributed by atoms with Crippen LogP contribution >= 0.6 is 0 Å². The summed E-state index contributed by atoms with van der Waals surface area (Å²) in [5.41, 5.74) is 1.37. The Labute approximate surface area is 102 Å². The number of carbonyl (C=O) groups excluding carboxylic acids is 1. The highest BCUT2D eigenvalue weighted by Gasteiger charge is 2.13. The van der Waals surface area contributed by atoms with Gasteiger partial charge in [-0.1, -0.05) is 49.6 Å². The van der Waals surface area contributed by atoms with Crippen molar-refractivity contribution in [2.75, 3.05) is 0 Å². The van der Waals surface area contributed by atoms with E-state index in [1.807, 2.05) is 6.07 Å². The van der Waals surface area contributed by atoms with Gasteiger partial charge in [-0.05, 0) is 24.6 Å². The van der Waals surface area contributed by atoms with Gasteiger partial charge in [0.15, 0.2) is 0 Å². The quantitative estimate of drug-likeness (QED) is 0.569. The minimum absolute atomic E-state index is 0.335. The molecule has 1 aromatic carbocycles. The minimum atomic E-state index is -0.338. The van der Waals surface area contributed by atoms with Crippen LogP contribution in [0.15, 0.2) is 67.3 Å². The Balaban J connectivity index is 2.72. The number of ether oxygens (including phenoxy) is 1. The Hall–Kier alpha value is -2.09. The molecule has 2 nitrogen and oxygen atoms in total. The van der Waals surface area contributed by atoms with Crippen LogP contribution in [-0.4, -0.2) is 12.1 Å². The number of allylic oxidation sites excluding steroid dienone is 2. The number of rotatable bonds is 5. The molecule has 0 fully saturated rings. The Morgan fingerprint density at radius 1 is 1.29 bits per heavy atom. The number of hydrogen-bond acceptors (Lipinski definition) is 2. The largest absolute Gasteiger partial charge is 0.454 e. The maximum absolute atomic E-state index is 11.8. The maximum atomic E-state index is 11.8. The van der Waals surface area contributed by atoms with E-state index in [1.54, 1.807) is 49.4 Å². The molecule has 0 N–H and O–H groups in total. The van der Waals surface area contributed by atoms with Crippen molar-refractivity contribution in [2.45, 2.75) is 13.0 Å². The summed E-state index contributed by atoms with van der Waals surface area (Å²) in [5.74, 6) is -0.338. The van der Waals surface area contributed by atoms with Gasteiger partial charge >= 0.3 is 5.97 Å². The topological polar surface area (TPSA) is 26.3 Å². The van der Waals surface area contributed by atoms with Crippen LogP contribution in [0.4, 0.5) is 0 Å². The SMILES string of the molecule is C=C/C=C(\C=C)C(C)OC(=O)c1ccccc1. The molecule has 1 unspecified atom stereocenters. The van der Waals surface area contributed by atoms with Crippen molar-refractivity contribution in [3.8, 4) is 0 Å². The second kappa shape index (κ2) is 6.48. The molecule has 0 spiro atoms. The lowest BCUT2D eigenvalue weighted by Crippen LogP contribution is -2.16. The number of carbonyl (C=O) groups is 1. The summed E-state index contributed by atoms with van der Waals surface area (Å²) in [6.07, 6.45) is 4.74. The van der Waals surface area contributed by atoms with Gasteiger partial charge in [0.05, 0.1) is 5.56 Å². The van der Waals surface area contributed by atoms with Gasteiger partial charge in [0, 0.05) is 0 Å². The fraction of sp³-hybridized carbons (Fsp3) is 0.133. The van der Waals surface area contributed by atoms with E-state index in [0.717, 1.165) is 5.57 Å². The maximum Gasteiger partial charge on any atom is 0.338 e. The molecule has 0 aliphatic rings. The van der Waals surface area contributed by atoms with Crippen molar-refractivity contribution in [1.82, 2.24) is 0 Å². The molecule has 17 heavy (non-hydrogen) atoms. The van der Waals surface area contributed by atoms with E-state index in [2.05, 4.69) is 13.2 Å². The predicted molar refractivity (Wildman–Crippen MR) is 69.8 cm³/mol. The first-order valence-corrected chi connectivity index (χ1v) is 5.40. The molecule has 0 saturated heterocycles. The Morgan fingerprint density at radius 2 is 1.94 bits per heavy atom. The highest BCUT2D eigenvalue weighted by molar-refractivity contribution is 5.89. The van der Waals surface area contributed by atoms with Crippen molar-refractivity contribution in [3.05, 3.63) is 72.9 Å². The average Bonchev–Trinajstić information content (AvgIpc) is 2.36. The van der Waals surface area contributed by atoms with Gasteiger partial charge in [-0.3, -0.25) is 0 Å². The molecule has 1 rings (SSSR count). The van der Waals surface area contributed by atoms with E-state index in [0.29, 0.717) is 5.56 Å². The number of esters is 1. The Bertz CT molecular complexity index is 429. The zero-order valence-corrected chi connectivity index (χ0v) is 9.93. The van der Waals surface area contributed by atoms with Crippen molar-refractivity contribution in [1.29, 1.82) is 0 Å². The van der Waals surface area contributed by atoms with Gasteiger partial charge in [0.1, 0.15) is 6.10 Å². The predicted octanol–water partition coefficient (Wildman–Crippen LogP) is 3.53. The summed E-state index contributed by atoms with van der Waals surface area (Å²) >= 11 is 0. The first-order chi connectivity index (χ1) is 8.19. The molecule has 1 aromatic rings. The molecule has 2 heteroatoms. The molecule has 0 aromatic heterocycles. The van der Waals surface area contributed by atoms with Gasteiger partial charge in [0.2, 0.25) is 0 Å². The normalized spacial score (nSPS) is 12.6. The zero-order valence-electron chi connectivity index (χ0n) is 9.93. The van der Waals surface area contributed by atoms with Gasteiger partial charge in [0.25, 0.3) is 0 Å². The molecule has 0 amide bonds. The zero-order chi connectivity index (χ0) is 12.7. The highest BCUT2D eigenvalue weighted by atomic mass is 16.5. The molecule has 0 radical (unpaired) electrons. The molecule has 0 bridgehead atoms. The standard InChI is InChI=1S/C15H16O2/c1-4-9-13(5-2)12(3)17-15(16)14-10-7-6-8-11-14/h4-12H,1-2H2,3H3/b13-9+. The third-order valence-electron chi connectivity index (χ3n) is 2.31. The average molecular weight is 228 g/mol. The summed E-state index contributed by atoms with van der Waals surface area (Å²) in [5, 5.41) is 0. The first kappa shape index (κ1) is 13.0. The van der Waals surface area contributed by atoms with Crippen LogP contribution in [0.5, 0.6) is 0 Å². The van der Waals surface area contributed by atoms with Crippen LogP contribution in [-0.2, 0) is 4.74 Å². The van der Waals surface area contributed by atoms with Crippen molar-refractivity contribution in [3.63, 3.8) is 0 Å². The van der Waals surface area contributed by atoms with E-state index in [-0.39, 0.29) is 12.1 Å². The molecule has 0 aliphatic carbocycles. The molecular weight excluding hydrogens is 212 g/mol. The van der Waals surface area contributed by atoms with Gasteiger partial charge in [-0.15, -0.1) is 0 Å². The van der Waals surface area contributed by atoms with E-state index in [9.17, 15) is 4.79 Å². The Morgan fingerprint density at radius 3 is 2.47 bits per heavy atom. The second-order valence-corrected chi connectivity index (χ2v) is 3.52. The molecular formula is C15H16O2. The molecule has 0 heterocycles. The van der Waals surface area contributed by atoms with Crippen LogP contribution < -0.4 is 0 Å². The van der Waals surface area contributed by atoms with Crippen LogP contribution in [0.25, 0.3) is 0 Å². The molecule has 0 saturated carbocycles. The van der Waals surface area contributed by atoms with Gasteiger partial charge in [-0.25, -0.2) is 4.79 Å². The summed E-state index contributed by atoms with van der Waals surface area (Å²) in [4.78, 5) is 11.8. The van der Waals surface area contributed by atoms with Crippen LogP contribution in [0.2, 0.25) is 0 Å². The smallest absolute Gasteiger partial charge is 0.338 e. The Kier molecular flexibility index (Phi) is 4.95. The monoisotopic (exact) mass is 228 g/mol. The van der Waals surface area contributed by atoms with E-state index in [4.69, 9.17) is 4.74 Å². The fourth-order valence-electron chi connectivity index (χ4n) is 1.38. The molecule has 88 valence electrons. The lowest BCUT2D eigenvalue weighted by Gasteiger charge is -2.14. The molecule has 1 atom stereocenters. The first-order valence-electron chi connectivity index (χ1n) is 5.40. The van der Waals surface area contributed by atoms with Crippen molar-refractivity contribution < 1.29 is 9.53 Å². The van der Waals surface area contributed by atoms with Gasteiger partial charge < -0.3 is 4.74 Å². The summed E-state index contributed by atoms with van der Waals surface area (Å²) in [6.45, 7) is 9.08. The lowest BCUT2D eigenvalue weighted by atomic mass is 10.1. The van der Waals surface area contributed by atoms with E-state index < -0.39 is 0 Å². The van der Waals surface area contributed by atoms with Crippen LogP contribution in [0.3, 0.4) is 0 Å². The van der Waals surface area contributed by atoms with Crippen molar-refractivity contribution in [2.24, 2.45) is 0 Å². The summed E-state index contributed by atoms with van der Waals surface area (Å²) in [7, 11) is 0. The summed E-state index contributed by atoms with van der Waals surface area (Å²) in [6, 6.07) is 8.90. The minimum Gasteiger partial charge on any atom is -0.454 e. The fourth-order valence-corrected chi connectivity index (χ4v) is 1.38. The molecule has 0 aliphatic heterocycles. The lowest BCUT2D eigenvalue weighted by molar-refractivity contribution is 0.0411. The van der Waals surface area contributed by atoms with E-state index >= 15 is 0 Å².